The molecule has 0 aromatic heterocycles. The molecule has 1 atom stereocenters. The van der Waals surface area contributed by atoms with Crippen LogP contribution in [0.5, 0.6) is 5.75 Å². The Morgan fingerprint density at radius 2 is 1.71 bits per heavy atom. The number of amides is 2. The topological polar surface area (TPSA) is 71.1 Å². The molecule has 7 nitrogen and oxygen atoms in total. The third-order valence-corrected chi connectivity index (χ3v) is 6.85. The van der Waals surface area contributed by atoms with Gasteiger partial charge in [0.25, 0.3) is 0 Å². The predicted octanol–water partition coefficient (Wildman–Crippen LogP) is 3.14. The number of nitrogens with zero attached hydrogens (tertiary/aromatic N) is 2. The molecule has 186 valence electrons. The molecule has 0 aliphatic carbocycles. The standard InChI is InChI=1S/C28H35N3O4/c1-34-25-10-8-23(9-11-25)26(30-17-19-35-20-18-30)21-29-28(33)24-13-15-31(16-14-24)27(32)12-7-22-5-3-2-4-6-22/h2-12,24,26H,13-21H2,1H3,(H,29,33)/b12-7+. The van der Waals surface area contributed by atoms with Crippen LogP contribution in [0.2, 0.25) is 0 Å². The summed E-state index contributed by atoms with van der Waals surface area (Å²) in [6.45, 7) is 4.82. The molecule has 2 heterocycles. The summed E-state index contributed by atoms with van der Waals surface area (Å²) < 4.78 is 10.8. The highest BCUT2D eigenvalue weighted by Gasteiger charge is 2.28. The molecule has 0 spiro atoms. The van der Waals surface area contributed by atoms with E-state index >= 15 is 0 Å². The Kier molecular flexibility index (Phi) is 8.92. The largest absolute Gasteiger partial charge is 0.497 e. The first-order valence-electron chi connectivity index (χ1n) is 12.4. The number of nitrogens with one attached hydrogen (secondary N) is 1. The van der Waals surface area contributed by atoms with Crippen LogP contribution in [0.4, 0.5) is 0 Å². The number of carbonyl (C=O) groups excluding carboxylic acids is 2. The number of likely N-dealkylation sites (tertiary alicyclic amines) is 1. The number of carbonyl (C=O) groups is 2. The molecule has 4 rings (SSSR count). The predicted molar refractivity (Wildman–Crippen MR) is 136 cm³/mol. The van der Waals surface area contributed by atoms with Crippen molar-refractivity contribution in [2.45, 2.75) is 18.9 Å². The Labute approximate surface area is 207 Å². The second-order valence-electron chi connectivity index (χ2n) is 9.03. The van der Waals surface area contributed by atoms with Crippen LogP contribution < -0.4 is 10.1 Å². The highest BCUT2D eigenvalue weighted by Crippen LogP contribution is 2.24. The van der Waals surface area contributed by atoms with Crippen LogP contribution in [0.15, 0.2) is 60.7 Å². The van der Waals surface area contributed by atoms with Gasteiger partial charge in [0.2, 0.25) is 11.8 Å². The fourth-order valence-electron chi connectivity index (χ4n) is 4.71. The van der Waals surface area contributed by atoms with Crippen LogP contribution in [0.3, 0.4) is 0 Å². The van der Waals surface area contributed by atoms with Gasteiger partial charge < -0.3 is 19.7 Å². The lowest BCUT2D eigenvalue weighted by Gasteiger charge is -2.36. The van der Waals surface area contributed by atoms with E-state index in [4.69, 9.17) is 9.47 Å². The smallest absolute Gasteiger partial charge is 0.246 e. The first-order valence-corrected chi connectivity index (χ1v) is 12.4. The second kappa shape index (κ2) is 12.5. The third-order valence-electron chi connectivity index (χ3n) is 6.85. The molecule has 2 aromatic rings. The average molecular weight is 478 g/mol. The van der Waals surface area contributed by atoms with Crippen LogP contribution >= 0.6 is 0 Å². The third kappa shape index (κ3) is 6.93. The van der Waals surface area contributed by atoms with Crippen molar-refractivity contribution >= 4 is 17.9 Å². The number of piperidine rings is 1. The van der Waals surface area contributed by atoms with E-state index < -0.39 is 0 Å². The maximum atomic E-state index is 13.0. The Balaban J connectivity index is 1.29. The van der Waals surface area contributed by atoms with Crippen molar-refractivity contribution in [2.24, 2.45) is 5.92 Å². The minimum absolute atomic E-state index is 0.000372. The summed E-state index contributed by atoms with van der Waals surface area (Å²) in [7, 11) is 1.66. The lowest BCUT2D eigenvalue weighted by Crippen LogP contribution is -2.46. The normalized spacial score (nSPS) is 18.4. The molecule has 7 heteroatoms. The Morgan fingerprint density at radius 3 is 2.37 bits per heavy atom. The molecular formula is C28H35N3O4. The van der Waals surface area contributed by atoms with Gasteiger partial charge in [-0.05, 0) is 42.2 Å². The molecule has 1 unspecified atom stereocenters. The van der Waals surface area contributed by atoms with Crippen LogP contribution in [-0.4, -0.2) is 74.7 Å². The fourth-order valence-corrected chi connectivity index (χ4v) is 4.71. The van der Waals surface area contributed by atoms with E-state index in [0.717, 1.165) is 30.0 Å². The maximum absolute atomic E-state index is 13.0. The number of hydrogen-bond acceptors (Lipinski definition) is 5. The average Bonchev–Trinajstić information content (AvgIpc) is 2.93. The first-order chi connectivity index (χ1) is 17.1. The molecule has 2 saturated heterocycles. The van der Waals surface area contributed by atoms with Crippen molar-refractivity contribution in [3.05, 3.63) is 71.8 Å². The van der Waals surface area contributed by atoms with Crippen molar-refractivity contribution in [3.8, 4) is 5.75 Å². The number of hydrogen-bond donors (Lipinski definition) is 1. The van der Waals surface area contributed by atoms with Gasteiger partial charge in [-0.25, -0.2) is 0 Å². The molecule has 0 radical (unpaired) electrons. The fraction of sp³-hybridized carbons (Fsp3) is 0.429. The number of morpholine rings is 1. The van der Waals surface area contributed by atoms with E-state index in [1.54, 1.807) is 13.2 Å². The van der Waals surface area contributed by atoms with Crippen molar-refractivity contribution in [1.29, 1.82) is 0 Å². The number of rotatable bonds is 8. The zero-order chi connectivity index (χ0) is 24.5. The molecule has 1 N–H and O–H groups in total. The molecule has 0 saturated carbocycles. The number of benzene rings is 2. The molecule has 35 heavy (non-hydrogen) atoms. The van der Waals surface area contributed by atoms with Gasteiger partial charge >= 0.3 is 0 Å². The van der Waals surface area contributed by atoms with Gasteiger partial charge in [-0.1, -0.05) is 42.5 Å². The summed E-state index contributed by atoms with van der Waals surface area (Å²) in [6.07, 6.45) is 4.83. The Hall–Kier alpha value is -3.16. The van der Waals surface area contributed by atoms with E-state index in [-0.39, 0.29) is 23.8 Å². The highest BCUT2D eigenvalue weighted by atomic mass is 16.5. The van der Waals surface area contributed by atoms with Gasteiger partial charge in [0.15, 0.2) is 0 Å². The second-order valence-corrected chi connectivity index (χ2v) is 9.03. The van der Waals surface area contributed by atoms with E-state index in [1.165, 1.54) is 0 Å². The van der Waals surface area contributed by atoms with Crippen molar-refractivity contribution in [1.82, 2.24) is 15.1 Å². The van der Waals surface area contributed by atoms with E-state index in [0.29, 0.717) is 45.7 Å². The molecule has 2 fully saturated rings. The Morgan fingerprint density at radius 1 is 1.03 bits per heavy atom. The zero-order valence-electron chi connectivity index (χ0n) is 20.4. The SMILES string of the molecule is COc1ccc(C(CNC(=O)C2CCN(C(=O)/C=C/c3ccccc3)CC2)N2CCOCC2)cc1. The van der Waals surface area contributed by atoms with Gasteiger partial charge in [0.1, 0.15) is 5.75 Å². The van der Waals surface area contributed by atoms with E-state index in [2.05, 4.69) is 22.3 Å². The lowest BCUT2D eigenvalue weighted by atomic mass is 9.95. The number of methoxy groups -OCH3 is 1. The molecule has 2 aromatic carbocycles. The minimum Gasteiger partial charge on any atom is -0.497 e. The first kappa shape index (κ1) is 24.9. The van der Waals surface area contributed by atoms with Crippen molar-refractivity contribution in [2.75, 3.05) is 53.0 Å². The maximum Gasteiger partial charge on any atom is 0.246 e. The summed E-state index contributed by atoms with van der Waals surface area (Å²) in [5.74, 6) is 0.820. The molecular weight excluding hydrogens is 442 g/mol. The van der Waals surface area contributed by atoms with Gasteiger partial charge in [-0.15, -0.1) is 0 Å². The van der Waals surface area contributed by atoms with E-state index in [9.17, 15) is 9.59 Å². The molecule has 2 aliphatic heterocycles. The van der Waals surface area contributed by atoms with Crippen LogP contribution in [0, 0.1) is 5.92 Å². The number of ether oxygens (including phenoxy) is 2. The highest BCUT2D eigenvalue weighted by molar-refractivity contribution is 5.92. The zero-order valence-corrected chi connectivity index (χ0v) is 20.4. The van der Waals surface area contributed by atoms with Crippen LogP contribution in [-0.2, 0) is 14.3 Å². The summed E-state index contributed by atoms with van der Waals surface area (Å²) in [5.41, 5.74) is 2.15. The van der Waals surface area contributed by atoms with Crippen molar-refractivity contribution in [3.63, 3.8) is 0 Å². The summed E-state index contributed by atoms with van der Waals surface area (Å²) in [4.78, 5) is 29.8. The van der Waals surface area contributed by atoms with Gasteiger partial charge in [-0.3, -0.25) is 14.5 Å². The lowest BCUT2D eigenvalue weighted by molar-refractivity contribution is -0.132. The van der Waals surface area contributed by atoms with Crippen molar-refractivity contribution < 1.29 is 19.1 Å². The van der Waals surface area contributed by atoms with Crippen LogP contribution in [0.1, 0.15) is 30.0 Å². The van der Waals surface area contributed by atoms with E-state index in [1.807, 2.05) is 53.4 Å². The molecule has 2 amide bonds. The molecule has 0 bridgehead atoms. The minimum atomic E-state index is -0.0710. The van der Waals surface area contributed by atoms with Crippen LogP contribution in [0.25, 0.3) is 6.08 Å². The Bertz CT molecular complexity index is 979. The quantitative estimate of drug-likeness (QED) is 0.592. The summed E-state index contributed by atoms with van der Waals surface area (Å²) >= 11 is 0. The molecule has 2 aliphatic rings. The van der Waals surface area contributed by atoms with Gasteiger partial charge in [-0.2, -0.15) is 0 Å². The summed E-state index contributed by atoms with van der Waals surface area (Å²) in [5, 5.41) is 3.20. The van der Waals surface area contributed by atoms with Gasteiger partial charge in [0, 0.05) is 44.7 Å². The monoisotopic (exact) mass is 477 g/mol. The van der Waals surface area contributed by atoms with Gasteiger partial charge in [0.05, 0.1) is 26.4 Å². The summed E-state index contributed by atoms with van der Waals surface area (Å²) in [6, 6.07) is 17.9.